The monoisotopic (exact) mass is 207 g/mol. The summed E-state index contributed by atoms with van der Waals surface area (Å²) < 4.78 is 5.79. The van der Waals surface area contributed by atoms with Crippen LogP contribution < -0.4 is 15.4 Å². The van der Waals surface area contributed by atoms with Gasteiger partial charge in [0, 0.05) is 26.8 Å². The molecule has 1 saturated carbocycles. The van der Waals surface area contributed by atoms with Crippen molar-refractivity contribution in [3.05, 3.63) is 17.8 Å². The van der Waals surface area contributed by atoms with E-state index in [0.29, 0.717) is 12.6 Å². The van der Waals surface area contributed by atoms with Crippen molar-refractivity contribution in [2.45, 2.75) is 25.5 Å². The average Bonchev–Trinajstić information content (AvgIpc) is 3.01. The number of anilines is 1. The van der Waals surface area contributed by atoms with Crippen molar-refractivity contribution < 1.29 is 4.74 Å². The Morgan fingerprint density at radius 1 is 1.53 bits per heavy atom. The predicted molar refractivity (Wildman–Crippen MR) is 60.1 cm³/mol. The van der Waals surface area contributed by atoms with E-state index in [1.807, 2.05) is 25.1 Å². The third kappa shape index (κ3) is 2.21. The van der Waals surface area contributed by atoms with E-state index in [1.54, 1.807) is 6.20 Å². The van der Waals surface area contributed by atoms with Crippen LogP contribution in [0.25, 0.3) is 0 Å². The van der Waals surface area contributed by atoms with Gasteiger partial charge < -0.3 is 15.4 Å². The average molecular weight is 207 g/mol. The Balaban J connectivity index is 2.30. The maximum Gasteiger partial charge on any atom is 0.136 e. The van der Waals surface area contributed by atoms with E-state index in [1.165, 1.54) is 0 Å². The van der Waals surface area contributed by atoms with Crippen molar-refractivity contribution in [1.82, 2.24) is 4.98 Å². The number of ether oxygens (including phenoxy) is 1. The first-order valence-electron chi connectivity index (χ1n) is 5.24. The number of pyridine rings is 1. The van der Waals surface area contributed by atoms with Crippen molar-refractivity contribution >= 4 is 5.82 Å². The second-order valence-electron chi connectivity index (χ2n) is 4.03. The Bertz CT molecular complexity index is 348. The molecule has 1 aliphatic rings. The minimum Gasteiger partial charge on any atom is -0.490 e. The smallest absolute Gasteiger partial charge is 0.136 e. The van der Waals surface area contributed by atoms with Crippen LogP contribution in [0.5, 0.6) is 5.75 Å². The second-order valence-corrected chi connectivity index (χ2v) is 4.03. The third-order valence-electron chi connectivity index (χ3n) is 2.44. The summed E-state index contributed by atoms with van der Waals surface area (Å²) in [5, 5.41) is 0. The molecule has 4 heteroatoms. The molecule has 4 nitrogen and oxygen atoms in total. The van der Waals surface area contributed by atoms with Crippen LogP contribution in [0.1, 0.15) is 18.4 Å². The van der Waals surface area contributed by atoms with Crippen molar-refractivity contribution in [2.24, 2.45) is 5.73 Å². The lowest BCUT2D eigenvalue weighted by Crippen LogP contribution is -2.16. The van der Waals surface area contributed by atoms with Crippen molar-refractivity contribution in [1.29, 1.82) is 0 Å². The zero-order valence-corrected chi connectivity index (χ0v) is 9.23. The van der Waals surface area contributed by atoms with Gasteiger partial charge in [0.25, 0.3) is 0 Å². The van der Waals surface area contributed by atoms with Crippen LogP contribution in [-0.4, -0.2) is 25.2 Å². The van der Waals surface area contributed by atoms with Gasteiger partial charge in [-0.25, -0.2) is 4.98 Å². The zero-order valence-electron chi connectivity index (χ0n) is 9.23. The molecule has 0 atom stereocenters. The molecule has 0 spiro atoms. The lowest BCUT2D eigenvalue weighted by molar-refractivity contribution is 0.300. The molecule has 0 aromatic carbocycles. The molecule has 1 aromatic rings. The van der Waals surface area contributed by atoms with Gasteiger partial charge in [-0.2, -0.15) is 0 Å². The number of nitrogens with zero attached hydrogens (tertiary/aromatic N) is 2. The third-order valence-corrected chi connectivity index (χ3v) is 2.44. The Morgan fingerprint density at radius 2 is 2.27 bits per heavy atom. The first kappa shape index (κ1) is 10.2. The van der Waals surface area contributed by atoms with Gasteiger partial charge in [0.2, 0.25) is 0 Å². The number of nitrogens with two attached hydrogens (primary N) is 1. The van der Waals surface area contributed by atoms with Gasteiger partial charge in [-0.15, -0.1) is 0 Å². The first-order chi connectivity index (χ1) is 7.22. The second kappa shape index (κ2) is 4.06. The molecule has 0 amide bonds. The lowest BCUT2D eigenvalue weighted by Gasteiger charge is -2.18. The largest absolute Gasteiger partial charge is 0.490 e. The Morgan fingerprint density at radius 3 is 2.80 bits per heavy atom. The fourth-order valence-electron chi connectivity index (χ4n) is 1.52. The molecule has 2 rings (SSSR count). The topological polar surface area (TPSA) is 51.4 Å². The van der Waals surface area contributed by atoms with Gasteiger partial charge in [0.15, 0.2) is 0 Å². The summed E-state index contributed by atoms with van der Waals surface area (Å²) in [5.41, 5.74) is 6.73. The number of hydrogen-bond acceptors (Lipinski definition) is 4. The SMILES string of the molecule is CN(C)c1nccc(OC2CC2)c1CN. The molecule has 1 fully saturated rings. The molecular formula is C11H17N3O. The Labute approximate surface area is 90.0 Å². The van der Waals surface area contributed by atoms with E-state index in [0.717, 1.165) is 30.0 Å². The molecule has 0 bridgehead atoms. The molecule has 0 aliphatic heterocycles. The van der Waals surface area contributed by atoms with E-state index in [9.17, 15) is 0 Å². The minimum absolute atomic E-state index is 0.396. The van der Waals surface area contributed by atoms with Gasteiger partial charge in [0.05, 0.1) is 11.7 Å². The highest BCUT2D eigenvalue weighted by molar-refractivity contribution is 5.52. The van der Waals surface area contributed by atoms with E-state index < -0.39 is 0 Å². The van der Waals surface area contributed by atoms with Gasteiger partial charge in [-0.05, 0) is 18.9 Å². The highest BCUT2D eigenvalue weighted by atomic mass is 16.5. The van der Waals surface area contributed by atoms with Crippen molar-refractivity contribution in [3.63, 3.8) is 0 Å². The predicted octanol–water partition coefficient (Wildman–Crippen LogP) is 1.15. The summed E-state index contributed by atoms with van der Waals surface area (Å²) >= 11 is 0. The van der Waals surface area contributed by atoms with Crippen LogP contribution in [-0.2, 0) is 6.54 Å². The Kier molecular flexibility index (Phi) is 2.77. The molecular weight excluding hydrogens is 190 g/mol. The molecule has 1 aromatic heterocycles. The molecule has 82 valence electrons. The van der Waals surface area contributed by atoms with E-state index in [4.69, 9.17) is 10.5 Å². The molecule has 0 radical (unpaired) electrons. The van der Waals surface area contributed by atoms with Crippen molar-refractivity contribution in [2.75, 3.05) is 19.0 Å². The number of aromatic nitrogens is 1. The molecule has 2 N–H and O–H groups in total. The summed E-state index contributed by atoms with van der Waals surface area (Å²) in [6, 6.07) is 1.90. The quantitative estimate of drug-likeness (QED) is 0.804. The fraction of sp³-hybridized carbons (Fsp3) is 0.545. The van der Waals surface area contributed by atoms with E-state index in [-0.39, 0.29) is 0 Å². The van der Waals surface area contributed by atoms with Crippen molar-refractivity contribution in [3.8, 4) is 5.75 Å². The maximum absolute atomic E-state index is 5.79. The summed E-state index contributed by atoms with van der Waals surface area (Å²) in [4.78, 5) is 6.26. The van der Waals surface area contributed by atoms with Gasteiger partial charge in [-0.1, -0.05) is 0 Å². The number of hydrogen-bond donors (Lipinski definition) is 1. The summed E-state index contributed by atoms with van der Waals surface area (Å²) in [6.45, 7) is 0.462. The lowest BCUT2D eigenvalue weighted by atomic mass is 10.2. The normalized spacial score (nSPS) is 15.1. The number of rotatable bonds is 4. The van der Waals surface area contributed by atoms with Crippen LogP contribution in [0.2, 0.25) is 0 Å². The van der Waals surface area contributed by atoms with Crippen LogP contribution in [0.4, 0.5) is 5.82 Å². The van der Waals surface area contributed by atoms with Crippen LogP contribution >= 0.6 is 0 Å². The van der Waals surface area contributed by atoms with Crippen LogP contribution in [0, 0.1) is 0 Å². The van der Waals surface area contributed by atoms with E-state index in [2.05, 4.69) is 4.98 Å². The maximum atomic E-state index is 5.79. The molecule has 0 saturated heterocycles. The molecule has 0 unspecified atom stereocenters. The Hall–Kier alpha value is -1.29. The summed E-state index contributed by atoms with van der Waals surface area (Å²) in [6.07, 6.45) is 4.48. The fourth-order valence-corrected chi connectivity index (χ4v) is 1.52. The molecule has 1 aliphatic carbocycles. The van der Waals surface area contributed by atoms with Gasteiger partial charge >= 0.3 is 0 Å². The van der Waals surface area contributed by atoms with E-state index >= 15 is 0 Å². The standard InChI is InChI=1S/C11H17N3O/c1-14(2)11-9(7-12)10(5-6-13-11)15-8-3-4-8/h5-6,8H,3-4,7,12H2,1-2H3. The van der Waals surface area contributed by atoms with Gasteiger partial charge in [-0.3, -0.25) is 0 Å². The zero-order chi connectivity index (χ0) is 10.8. The van der Waals surface area contributed by atoms with Gasteiger partial charge in [0.1, 0.15) is 11.6 Å². The summed E-state index contributed by atoms with van der Waals surface area (Å²) in [7, 11) is 3.92. The first-order valence-corrected chi connectivity index (χ1v) is 5.24. The molecule has 1 heterocycles. The molecule has 15 heavy (non-hydrogen) atoms. The minimum atomic E-state index is 0.396. The summed E-state index contributed by atoms with van der Waals surface area (Å²) in [5.74, 6) is 1.79. The van der Waals surface area contributed by atoms with Crippen LogP contribution in [0.3, 0.4) is 0 Å². The highest BCUT2D eigenvalue weighted by Crippen LogP contribution is 2.31. The van der Waals surface area contributed by atoms with Crippen LogP contribution in [0.15, 0.2) is 12.3 Å². The highest BCUT2D eigenvalue weighted by Gasteiger charge is 2.25.